The molecule has 0 spiro atoms. The van der Waals surface area contributed by atoms with Crippen molar-refractivity contribution in [1.29, 1.82) is 0 Å². The number of nitrogens with zero attached hydrogens (tertiary/aromatic N) is 3. The van der Waals surface area contributed by atoms with Gasteiger partial charge in [-0.3, -0.25) is 4.99 Å². The summed E-state index contributed by atoms with van der Waals surface area (Å²) in [6.07, 6.45) is 4.07. The molecule has 2 rings (SSSR count). The topological polar surface area (TPSA) is 52.6 Å². The van der Waals surface area contributed by atoms with E-state index in [9.17, 15) is 0 Å². The van der Waals surface area contributed by atoms with Crippen molar-refractivity contribution in [3.05, 3.63) is 15.6 Å². The van der Waals surface area contributed by atoms with E-state index in [2.05, 4.69) is 39.4 Å². The highest BCUT2D eigenvalue weighted by Crippen LogP contribution is 2.15. The SMILES string of the molecule is CN=C(NCCN1CCCCC1)NCc1nc(C)c(C)s1.I. The summed E-state index contributed by atoms with van der Waals surface area (Å²) in [5, 5.41) is 7.83. The Labute approximate surface area is 155 Å². The number of halogens is 1. The number of aliphatic imine (C=N–C) groups is 1. The summed E-state index contributed by atoms with van der Waals surface area (Å²) in [5.41, 5.74) is 1.13. The van der Waals surface area contributed by atoms with E-state index in [4.69, 9.17) is 0 Å². The van der Waals surface area contributed by atoms with Gasteiger partial charge in [-0.1, -0.05) is 6.42 Å². The molecule has 5 nitrogen and oxygen atoms in total. The Bertz CT molecular complexity index is 449. The molecule has 1 aromatic heterocycles. The minimum atomic E-state index is 0. The van der Waals surface area contributed by atoms with E-state index in [0.29, 0.717) is 0 Å². The van der Waals surface area contributed by atoms with Crippen LogP contribution in [0.4, 0.5) is 0 Å². The first-order chi connectivity index (χ1) is 10.2. The summed E-state index contributed by atoms with van der Waals surface area (Å²) in [6, 6.07) is 0. The molecule has 1 saturated heterocycles. The highest BCUT2D eigenvalue weighted by molar-refractivity contribution is 14.0. The van der Waals surface area contributed by atoms with Crippen molar-refractivity contribution < 1.29 is 0 Å². The standard InChI is InChI=1S/C15H27N5S.HI/c1-12-13(2)21-14(19-12)11-18-15(16-3)17-7-10-20-8-5-4-6-9-20;/h4-11H2,1-3H3,(H2,16,17,18);1H. The highest BCUT2D eigenvalue weighted by atomic mass is 127. The largest absolute Gasteiger partial charge is 0.355 e. The van der Waals surface area contributed by atoms with Crippen LogP contribution in [0.2, 0.25) is 0 Å². The Kier molecular flexibility index (Phi) is 9.27. The summed E-state index contributed by atoms with van der Waals surface area (Å²) in [6.45, 7) is 9.43. The lowest BCUT2D eigenvalue weighted by Crippen LogP contribution is -2.42. The van der Waals surface area contributed by atoms with Gasteiger partial charge in [0.05, 0.1) is 12.2 Å². The van der Waals surface area contributed by atoms with Crippen molar-refractivity contribution in [2.45, 2.75) is 39.7 Å². The number of likely N-dealkylation sites (tertiary alicyclic amines) is 1. The molecule has 0 aliphatic carbocycles. The van der Waals surface area contributed by atoms with Crippen LogP contribution in [-0.2, 0) is 6.54 Å². The molecule has 0 atom stereocenters. The number of thiazole rings is 1. The first kappa shape index (κ1) is 19.6. The third kappa shape index (κ3) is 6.37. The van der Waals surface area contributed by atoms with Gasteiger partial charge in [-0.2, -0.15) is 0 Å². The molecular formula is C15H28IN5S. The molecule has 1 aromatic rings. The average Bonchev–Trinajstić information content (AvgIpc) is 2.82. The van der Waals surface area contributed by atoms with Gasteiger partial charge in [0.25, 0.3) is 0 Å². The first-order valence-electron chi connectivity index (χ1n) is 7.79. The molecule has 0 unspecified atom stereocenters. The predicted molar refractivity (Wildman–Crippen MR) is 105 cm³/mol. The van der Waals surface area contributed by atoms with Crippen LogP contribution in [0, 0.1) is 13.8 Å². The number of piperidine rings is 1. The maximum Gasteiger partial charge on any atom is 0.191 e. The van der Waals surface area contributed by atoms with Crippen LogP contribution in [-0.4, -0.2) is 49.1 Å². The monoisotopic (exact) mass is 437 g/mol. The van der Waals surface area contributed by atoms with Crippen LogP contribution in [0.1, 0.15) is 34.8 Å². The quantitative estimate of drug-likeness (QED) is 0.423. The van der Waals surface area contributed by atoms with Crippen molar-refractivity contribution >= 4 is 41.3 Å². The number of rotatable bonds is 5. The molecule has 1 aliphatic heterocycles. The maximum absolute atomic E-state index is 4.54. The maximum atomic E-state index is 4.54. The number of hydrogen-bond donors (Lipinski definition) is 2. The summed E-state index contributed by atoms with van der Waals surface area (Å²) in [7, 11) is 1.81. The Morgan fingerprint density at radius 2 is 1.95 bits per heavy atom. The zero-order valence-corrected chi connectivity index (χ0v) is 17.0. The van der Waals surface area contributed by atoms with Crippen LogP contribution in [0.3, 0.4) is 0 Å². The van der Waals surface area contributed by atoms with Crippen molar-refractivity contribution in [3.8, 4) is 0 Å². The number of nitrogens with one attached hydrogen (secondary N) is 2. The smallest absolute Gasteiger partial charge is 0.191 e. The molecule has 2 heterocycles. The van der Waals surface area contributed by atoms with Crippen LogP contribution >= 0.6 is 35.3 Å². The lowest BCUT2D eigenvalue weighted by Gasteiger charge is -2.26. The number of aryl methyl sites for hydroxylation is 2. The molecule has 0 bridgehead atoms. The van der Waals surface area contributed by atoms with Gasteiger partial charge in [-0.15, -0.1) is 35.3 Å². The molecule has 7 heteroatoms. The van der Waals surface area contributed by atoms with E-state index < -0.39 is 0 Å². The van der Waals surface area contributed by atoms with E-state index in [1.165, 1.54) is 37.2 Å². The third-order valence-corrected chi connectivity index (χ3v) is 4.95. The van der Waals surface area contributed by atoms with E-state index in [0.717, 1.165) is 36.3 Å². The fourth-order valence-electron chi connectivity index (χ4n) is 2.51. The molecular weight excluding hydrogens is 409 g/mol. The highest BCUT2D eigenvalue weighted by Gasteiger charge is 2.09. The number of hydrogen-bond acceptors (Lipinski definition) is 4. The lowest BCUT2D eigenvalue weighted by atomic mass is 10.1. The van der Waals surface area contributed by atoms with Crippen LogP contribution in [0.15, 0.2) is 4.99 Å². The molecule has 0 amide bonds. The van der Waals surface area contributed by atoms with Gasteiger partial charge >= 0.3 is 0 Å². The molecule has 22 heavy (non-hydrogen) atoms. The van der Waals surface area contributed by atoms with Gasteiger partial charge in [0.2, 0.25) is 0 Å². The Hall–Kier alpha value is -0.410. The van der Waals surface area contributed by atoms with Crippen LogP contribution < -0.4 is 10.6 Å². The van der Waals surface area contributed by atoms with Gasteiger partial charge in [0.1, 0.15) is 5.01 Å². The molecule has 0 aromatic carbocycles. The molecule has 0 radical (unpaired) electrons. The molecule has 0 saturated carbocycles. The van der Waals surface area contributed by atoms with E-state index in [1.807, 2.05) is 7.05 Å². The molecule has 1 fully saturated rings. The van der Waals surface area contributed by atoms with E-state index in [-0.39, 0.29) is 24.0 Å². The van der Waals surface area contributed by atoms with Gasteiger partial charge in [0.15, 0.2) is 5.96 Å². The first-order valence-corrected chi connectivity index (χ1v) is 8.60. The minimum absolute atomic E-state index is 0. The average molecular weight is 437 g/mol. The van der Waals surface area contributed by atoms with Gasteiger partial charge in [0, 0.05) is 25.0 Å². The van der Waals surface area contributed by atoms with Crippen molar-refractivity contribution in [2.75, 3.05) is 33.2 Å². The Morgan fingerprint density at radius 1 is 1.23 bits per heavy atom. The Morgan fingerprint density at radius 3 is 2.55 bits per heavy atom. The second-order valence-corrected chi connectivity index (χ2v) is 6.79. The fraction of sp³-hybridized carbons (Fsp3) is 0.733. The number of aromatic nitrogens is 1. The van der Waals surface area contributed by atoms with Gasteiger partial charge in [-0.05, 0) is 39.8 Å². The van der Waals surface area contributed by atoms with Crippen molar-refractivity contribution in [1.82, 2.24) is 20.5 Å². The third-order valence-electron chi connectivity index (χ3n) is 3.87. The lowest BCUT2D eigenvalue weighted by molar-refractivity contribution is 0.232. The second kappa shape index (κ2) is 10.4. The normalized spacial score (nSPS) is 16.2. The predicted octanol–water partition coefficient (Wildman–Crippen LogP) is 2.53. The van der Waals surface area contributed by atoms with Crippen molar-refractivity contribution in [3.63, 3.8) is 0 Å². The van der Waals surface area contributed by atoms with Crippen LogP contribution in [0.5, 0.6) is 0 Å². The number of guanidine groups is 1. The minimum Gasteiger partial charge on any atom is -0.355 e. The summed E-state index contributed by atoms with van der Waals surface area (Å²) < 4.78 is 0. The zero-order chi connectivity index (χ0) is 15.1. The molecule has 126 valence electrons. The van der Waals surface area contributed by atoms with Gasteiger partial charge in [-0.25, -0.2) is 4.98 Å². The summed E-state index contributed by atoms with van der Waals surface area (Å²) >= 11 is 1.75. The zero-order valence-electron chi connectivity index (χ0n) is 13.8. The summed E-state index contributed by atoms with van der Waals surface area (Å²) in [4.78, 5) is 12.6. The Balaban J connectivity index is 0.00000242. The molecule has 1 aliphatic rings. The second-order valence-electron chi connectivity index (χ2n) is 5.50. The fourth-order valence-corrected chi connectivity index (χ4v) is 3.38. The van der Waals surface area contributed by atoms with E-state index >= 15 is 0 Å². The van der Waals surface area contributed by atoms with Crippen LogP contribution in [0.25, 0.3) is 0 Å². The van der Waals surface area contributed by atoms with Crippen molar-refractivity contribution in [2.24, 2.45) is 4.99 Å². The molecule has 2 N–H and O–H groups in total. The summed E-state index contributed by atoms with van der Waals surface area (Å²) in [5.74, 6) is 0.859. The van der Waals surface area contributed by atoms with E-state index in [1.54, 1.807) is 11.3 Å². The van der Waals surface area contributed by atoms with Gasteiger partial charge < -0.3 is 15.5 Å².